The third-order valence-electron chi connectivity index (χ3n) is 5.76. The number of carboxylic acid groups (broad SMARTS) is 1. The van der Waals surface area contributed by atoms with Crippen molar-refractivity contribution < 1.29 is 19.8 Å². The highest BCUT2D eigenvalue weighted by atomic mass is 16.4. The Morgan fingerprint density at radius 3 is 2.31 bits per heavy atom. The van der Waals surface area contributed by atoms with Gasteiger partial charge in [0.25, 0.3) is 0 Å². The van der Waals surface area contributed by atoms with Gasteiger partial charge in [0, 0.05) is 11.3 Å². The van der Waals surface area contributed by atoms with Crippen LogP contribution in [0.5, 0.6) is 0 Å². The number of amides is 2. The van der Waals surface area contributed by atoms with Crippen LogP contribution >= 0.6 is 0 Å². The molecule has 5 rings (SSSR count). The summed E-state index contributed by atoms with van der Waals surface area (Å²) >= 11 is 0. The van der Waals surface area contributed by atoms with Crippen molar-refractivity contribution >= 4 is 39.2 Å². The van der Waals surface area contributed by atoms with Gasteiger partial charge in [0.15, 0.2) is 0 Å². The molecule has 1 aromatic heterocycles. The Morgan fingerprint density at radius 2 is 1.57 bits per heavy atom. The molecule has 0 saturated heterocycles. The number of anilines is 1. The Hall–Kier alpha value is -4.69. The topological polar surface area (TPSA) is 116 Å². The Bertz CT molecular complexity index is 1560. The summed E-state index contributed by atoms with van der Waals surface area (Å²) in [6, 6.07) is 27.6. The maximum atomic E-state index is 11.9. The molecule has 5 aromatic rings. The van der Waals surface area contributed by atoms with Gasteiger partial charge in [-0.2, -0.15) is 5.10 Å². The summed E-state index contributed by atoms with van der Waals surface area (Å²) in [6.07, 6.45) is -1.26. The van der Waals surface area contributed by atoms with Crippen LogP contribution in [-0.4, -0.2) is 38.5 Å². The number of nitrogens with one attached hydrogen (secondary N) is 2. The summed E-state index contributed by atoms with van der Waals surface area (Å²) < 4.78 is 1.76. The second-order valence-electron chi connectivity index (χ2n) is 8.07. The van der Waals surface area contributed by atoms with Gasteiger partial charge in [-0.3, -0.25) is 4.79 Å². The van der Waals surface area contributed by atoms with Crippen molar-refractivity contribution in [3.05, 3.63) is 90.6 Å². The number of aliphatic hydroxyl groups excluding tert-OH is 1. The Balaban J connectivity index is 1.50. The van der Waals surface area contributed by atoms with Crippen molar-refractivity contribution in [1.29, 1.82) is 0 Å². The predicted molar refractivity (Wildman–Crippen MR) is 135 cm³/mol. The molecule has 1 heterocycles. The van der Waals surface area contributed by atoms with Crippen molar-refractivity contribution in [2.45, 2.75) is 6.61 Å². The van der Waals surface area contributed by atoms with Gasteiger partial charge in [0.1, 0.15) is 6.54 Å². The minimum Gasteiger partial charge on any atom is -0.465 e. The zero-order valence-electron chi connectivity index (χ0n) is 18.6. The van der Waals surface area contributed by atoms with E-state index in [1.54, 1.807) is 28.9 Å². The maximum absolute atomic E-state index is 11.9. The van der Waals surface area contributed by atoms with Gasteiger partial charge in [-0.1, -0.05) is 48.5 Å². The molecule has 0 spiro atoms. The van der Waals surface area contributed by atoms with E-state index in [4.69, 9.17) is 5.11 Å². The molecule has 4 aromatic carbocycles. The van der Waals surface area contributed by atoms with E-state index in [0.29, 0.717) is 11.4 Å². The molecule has 174 valence electrons. The highest BCUT2D eigenvalue weighted by Gasteiger charge is 2.13. The number of fused-ring (bicyclic) bond motifs is 3. The largest absolute Gasteiger partial charge is 0.465 e. The fraction of sp³-hybridized carbons (Fsp3) is 0.0741. The first-order chi connectivity index (χ1) is 17.0. The van der Waals surface area contributed by atoms with Crippen LogP contribution in [0, 0.1) is 0 Å². The minimum atomic E-state index is -1.26. The lowest BCUT2D eigenvalue weighted by atomic mass is 9.99. The molecular formula is C27H22N4O4. The molecular weight excluding hydrogens is 444 g/mol. The van der Waals surface area contributed by atoms with E-state index < -0.39 is 12.0 Å². The minimum absolute atomic E-state index is 0.193. The summed E-state index contributed by atoms with van der Waals surface area (Å²) in [5.41, 5.74) is 3.60. The molecule has 2 amide bonds. The molecule has 0 aliphatic carbocycles. The molecule has 0 fully saturated rings. The number of aliphatic hydroxyl groups is 1. The molecule has 35 heavy (non-hydrogen) atoms. The monoisotopic (exact) mass is 466 g/mol. The van der Waals surface area contributed by atoms with Crippen molar-refractivity contribution in [2.24, 2.45) is 0 Å². The zero-order valence-corrected chi connectivity index (χ0v) is 18.6. The average Bonchev–Trinajstić information content (AvgIpc) is 3.32. The van der Waals surface area contributed by atoms with Gasteiger partial charge < -0.3 is 20.8 Å². The predicted octanol–water partition coefficient (Wildman–Crippen LogP) is 4.54. The number of carbonyl (C=O) groups is 2. The zero-order chi connectivity index (χ0) is 24.4. The van der Waals surface area contributed by atoms with Crippen LogP contribution in [0.1, 0.15) is 5.69 Å². The molecule has 0 saturated carbocycles. The van der Waals surface area contributed by atoms with Crippen molar-refractivity contribution in [3.63, 3.8) is 0 Å². The van der Waals surface area contributed by atoms with E-state index in [-0.39, 0.29) is 13.2 Å². The number of hydrogen-bond acceptors (Lipinski definition) is 4. The van der Waals surface area contributed by atoms with E-state index in [0.717, 1.165) is 38.5 Å². The lowest BCUT2D eigenvalue weighted by Gasteiger charge is -2.11. The summed E-state index contributed by atoms with van der Waals surface area (Å²) in [6.45, 7) is -0.530. The maximum Gasteiger partial charge on any atom is 0.405 e. The van der Waals surface area contributed by atoms with E-state index in [2.05, 4.69) is 46.8 Å². The molecule has 0 unspecified atom stereocenters. The number of benzene rings is 4. The Morgan fingerprint density at radius 1 is 0.857 bits per heavy atom. The molecule has 0 radical (unpaired) electrons. The second kappa shape index (κ2) is 9.28. The molecule has 0 atom stereocenters. The first-order valence-corrected chi connectivity index (χ1v) is 11.0. The highest BCUT2D eigenvalue weighted by molar-refractivity contribution is 6.08. The third kappa shape index (κ3) is 4.55. The summed E-state index contributed by atoms with van der Waals surface area (Å²) in [4.78, 5) is 22.4. The first kappa shape index (κ1) is 22.1. The standard InChI is InChI=1S/C27H22N4O4/c32-16-21-14-25(19-8-7-18-6-5-17-3-1-2-4-23(17)24(18)13-19)31(30-21)22-11-9-20(10-12-22)29-26(33)15-28-27(34)35/h1-14,28,32H,15-16H2,(H,29,33)(H,34,35). The van der Waals surface area contributed by atoms with E-state index >= 15 is 0 Å². The highest BCUT2D eigenvalue weighted by Crippen LogP contribution is 2.31. The fourth-order valence-electron chi connectivity index (χ4n) is 4.12. The van der Waals surface area contributed by atoms with Crippen LogP contribution in [0.4, 0.5) is 10.5 Å². The SMILES string of the molecule is O=C(O)NCC(=O)Nc1ccc(-n2nc(CO)cc2-c2ccc3ccc4ccccc4c3c2)cc1. The number of hydrogen-bond donors (Lipinski definition) is 4. The average molecular weight is 466 g/mol. The fourth-order valence-corrected chi connectivity index (χ4v) is 4.12. The van der Waals surface area contributed by atoms with Crippen LogP contribution in [0.3, 0.4) is 0 Å². The number of rotatable bonds is 6. The van der Waals surface area contributed by atoms with Crippen molar-refractivity contribution in [1.82, 2.24) is 15.1 Å². The number of nitrogens with zero attached hydrogens (tertiary/aromatic N) is 2. The first-order valence-electron chi connectivity index (χ1n) is 11.0. The normalized spacial score (nSPS) is 11.0. The van der Waals surface area contributed by atoms with Gasteiger partial charge in [-0.25, -0.2) is 9.48 Å². The molecule has 4 N–H and O–H groups in total. The third-order valence-corrected chi connectivity index (χ3v) is 5.76. The smallest absolute Gasteiger partial charge is 0.405 e. The molecule has 8 heteroatoms. The van der Waals surface area contributed by atoms with Gasteiger partial charge >= 0.3 is 6.09 Å². The second-order valence-corrected chi connectivity index (χ2v) is 8.07. The summed E-state index contributed by atoms with van der Waals surface area (Å²) in [5, 5.41) is 32.2. The molecule has 0 aliphatic rings. The number of aromatic nitrogens is 2. The van der Waals surface area contributed by atoms with E-state index in [9.17, 15) is 14.7 Å². The van der Waals surface area contributed by atoms with E-state index in [1.807, 2.05) is 29.6 Å². The lowest BCUT2D eigenvalue weighted by molar-refractivity contribution is -0.115. The van der Waals surface area contributed by atoms with Crippen LogP contribution in [0.15, 0.2) is 84.9 Å². The van der Waals surface area contributed by atoms with Gasteiger partial charge in [-0.05, 0) is 57.9 Å². The summed E-state index contributed by atoms with van der Waals surface area (Å²) in [7, 11) is 0. The van der Waals surface area contributed by atoms with Crippen LogP contribution in [0.2, 0.25) is 0 Å². The van der Waals surface area contributed by atoms with Crippen molar-refractivity contribution in [3.8, 4) is 16.9 Å². The van der Waals surface area contributed by atoms with Crippen LogP contribution in [-0.2, 0) is 11.4 Å². The van der Waals surface area contributed by atoms with Crippen molar-refractivity contribution in [2.75, 3.05) is 11.9 Å². The van der Waals surface area contributed by atoms with Gasteiger partial charge in [0.2, 0.25) is 5.91 Å². The summed E-state index contributed by atoms with van der Waals surface area (Å²) in [5.74, 6) is -0.467. The van der Waals surface area contributed by atoms with Gasteiger partial charge in [-0.15, -0.1) is 0 Å². The van der Waals surface area contributed by atoms with Gasteiger partial charge in [0.05, 0.1) is 23.7 Å². The quantitative estimate of drug-likeness (QED) is 0.274. The molecule has 8 nitrogen and oxygen atoms in total. The Kier molecular flexibility index (Phi) is 5.87. The molecule has 0 bridgehead atoms. The van der Waals surface area contributed by atoms with Crippen LogP contribution < -0.4 is 10.6 Å². The lowest BCUT2D eigenvalue weighted by Crippen LogP contribution is -2.31. The van der Waals surface area contributed by atoms with Crippen LogP contribution in [0.25, 0.3) is 38.5 Å². The Labute approximate surface area is 200 Å². The molecule has 0 aliphatic heterocycles. The van der Waals surface area contributed by atoms with E-state index in [1.165, 1.54) is 0 Å². The number of carbonyl (C=O) groups excluding carboxylic acids is 1.